The number of aromatic nitrogens is 1. The van der Waals surface area contributed by atoms with Crippen molar-refractivity contribution >= 4 is 17.6 Å². The molecule has 1 aromatic heterocycles. The van der Waals surface area contributed by atoms with Crippen LogP contribution in [0.3, 0.4) is 0 Å². The van der Waals surface area contributed by atoms with Crippen molar-refractivity contribution in [3.05, 3.63) is 28.5 Å². The zero-order chi connectivity index (χ0) is 10.6. The summed E-state index contributed by atoms with van der Waals surface area (Å²) in [4.78, 5) is 15.1. The maximum atomic E-state index is 11.3. The summed E-state index contributed by atoms with van der Waals surface area (Å²) in [5, 5.41) is 0.398. The van der Waals surface area contributed by atoms with E-state index in [4.69, 9.17) is 11.6 Å². The highest BCUT2D eigenvalue weighted by atomic mass is 35.5. The van der Waals surface area contributed by atoms with Crippen molar-refractivity contribution in [1.29, 1.82) is 0 Å². The van der Waals surface area contributed by atoms with Crippen LogP contribution < -0.4 is 0 Å². The Morgan fingerprint density at radius 2 is 2.36 bits per heavy atom. The monoisotopic (exact) mass is 209 g/mol. The van der Waals surface area contributed by atoms with Crippen LogP contribution in [0.1, 0.15) is 23.0 Å². The lowest BCUT2D eigenvalue weighted by atomic mass is 10.2. The molecule has 0 aromatic carbocycles. The van der Waals surface area contributed by atoms with E-state index >= 15 is 0 Å². The van der Waals surface area contributed by atoms with E-state index in [2.05, 4.69) is 21.6 Å². The zero-order valence-corrected chi connectivity index (χ0v) is 8.55. The lowest BCUT2D eigenvalue weighted by molar-refractivity contribution is 0.0593. The summed E-state index contributed by atoms with van der Waals surface area (Å²) >= 11 is 5.86. The van der Waals surface area contributed by atoms with Crippen molar-refractivity contribution in [2.45, 2.75) is 6.92 Å². The van der Waals surface area contributed by atoms with Crippen LogP contribution in [0.25, 0.3) is 0 Å². The quantitative estimate of drug-likeness (QED) is 0.524. The average molecular weight is 210 g/mol. The van der Waals surface area contributed by atoms with Crippen molar-refractivity contribution in [1.82, 2.24) is 4.98 Å². The van der Waals surface area contributed by atoms with Crippen molar-refractivity contribution in [3.8, 4) is 11.8 Å². The molecule has 1 heterocycles. The molecular weight excluding hydrogens is 202 g/mol. The van der Waals surface area contributed by atoms with Gasteiger partial charge in [-0.15, -0.1) is 5.92 Å². The third-order valence-corrected chi connectivity index (χ3v) is 1.84. The van der Waals surface area contributed by atoms with E-state index in [1.54, 1.807) is 13.0 Å². The number of carbonyl (C=O) groups is 1. The Balaban J connectivity index is 3.33. The van der Waals surface area contributed by atoms with Gasteiger partial charge in [-0.05, 0) is 13.0 Å². The van der Waals surface area contributed by atoms with Gasteiger partial charge in [-0.1, -0.05) is 17.5 Å². The molecule has 1 aromatic rings. The predicted octanol–water partition coefficient (Wildman–Crippen LogP) is 1.89. The van der Waals surface area contributed by atoms with Crippen molar-refractivity contribution in [2.24, 2.45) is 0 Å². The minimum atomic E-state index is -0.537. The first-order chi connectivity index (χ1) is 6.70. The first-order valence-electron chi connectivity index (χ1n) is 3.86. The number of pyridine rings is 1. The highest BCUT2D eigenvalue weighted by Crippen LogP contribution is 2.17. The van der Waals surface area contributed by atoms with Gasteiger partial charge in [0.2, 0.25) is 0 Å². The topological polar surface area (TPSA) is 39.2 Å². The summed E-state index contributed by atoms with van der Waals surface area (Å²) in [6.45, 7) is 1.66. The Morgan fingerprint density at radius 3 is 2.93 bits per heavy atom. The minimum Gasteiger partial charge on any atom is -0.464 e. The largest absolute Gasteiger partial charge is 0.464 e. The van der Waals surface area contributed by atoms with Crippen molar-refractivity contribution in [2.75, 3.05) is 7.11 Å². The highest BCUT2D eigenvalue weighted by Gasteiger charge is 2.14. The number of carbonyl (C=O) groups excluding carboxylic acids is 1. The van der Waals surface area contributed by atoms with Gasteiger partial charge in [0, 0.05) is 6.20 Å². The minimum absolute atomic E-state index is 0.148. The normalized spacial score (nSPS) is 8.79. The van der Waals surface area contributed by atoms with Crippen molar-refractivity contribution < 1.29 is 9.53 Å². The Morgan fingerprint density at radius 1 is 1.64 bits per heavy atom. The molecular formula is C10H8ClNO2. The van der Waals surface area contributed by atoms with Gasteiger partial charge >= 0.3 is 5.97 Å². The Bertz CT molecular complexity index is 418. The Labute approximate surface area is 87.1 Å². The molecule has 0 aliphatic carbocycles. The number of esters is 1. The summed E-state index contributed by atoms with van der Waals surface area (Å²) in [6.07, 6.45) is 1.44. The van der Waals surface area contributed by atoms with Crippen LogP contribution in [0.15, 0.2) is 12.3 Å². The van der Waals surface area contributed by atoms with Crippen LogP contribution in [0, 0.1) is 11.8 Å². The summed E-state index contributed by atoms with van der Waals surface area (Å²) in [6, 6.07) is 1.58. The van der Waals surface area contributed by atoms with E-state index in [0.717, 1.165) is 0 Å². The Kier molecular flexibility index (Phi) is 3.49. The summed E-state index contributed by atoms with van der Waals surface area (Å²) in [5.41, 5.74) is 0.554. The standard InChI is InChI=1S/C10H8ClNO2/c1-3-4-7-8(11)5-6-12-9(7)10(13)14-2/h5-6H,1-2H3. The molecule has 0 fully saturated rings. The van der Waals surface area contributed by atoms with Gasteiger partial charge in [0.25, 0.3) is 0 Å². The van der Waals surface area contributed by atoms with E-state index in [9.17, 15) is 4.79 Å². The zero-order valence-electron chi connectivity index (χ0n) is 7.80. The summed E-state index contributed by atoms with van der Waals surface area (Å²) in [5.74, 6) is 4.84. The number of nitrogens with zero attached hydrogens (tertiary/aromatic N) is 1. The molecule has 0 spiro atoms. The van der Waals surface area contributed by atoms with Gasteiger partial charge in [0.1, 0.15) is 0 Å². The molecule has 0 unspecified atom stereocenters. The maximum Gasteiger partial charge on any atom is 0.358 e. The van der Waals surface area contributed by atoms with E-state index in [1.807, 2.05) is 0 Å². The summed E-state index contributed by atoms with van der Waals surface area (Å²) in [7, 11) is 1.29. The summed E-state index contributed by atoms with van der Waals surface area (Å²) < 4.78 is 4.55. The molecule has 0 amide bonds. The molecule has 0 aliphatic rings. The number of hydrogen-bond donors (Lipinski definition) is 0. The molecule has 14 heavy (non-hydrogen) atoms. The number of ether oxygens (including phenoxy) is 1. The van der Waals surface area contributed by atoms with Gasteiger partial charge in [-0.3, -0.25) is 0 Å². The molecule has 1 rings (SSSR count). The van der Waals surface area contributed by atoms with E-state index in [-0.39, 0.29) is 5.69 Å². The smallest absolute Gasteiger partial charge is 0.358 e. The Hall–Kier alpha value is -1.53. The van der Waals surface area contributed by atoms with Crippen LogP contribution in [0.5, 0.6) is 0 Å². The van der Waals surface area contributed by atoms with Crippen LogP contribution in [-0.2, 0) is 4.74 Å². The maximum absolute atomic E-state index is 11.3. The number of hydrogen-bond acceptors (Lipinski definition) is 3. The van der Waals surface area contributed by atoms with Gasteiger partial charge in [-0.25, -0.2) is 9.78 Å². The third kappa shape index (κ3) is 2.04. The third-order valence-electron chi connectivity index (χ3n) is 1.53. The molecule has 4 heteroatoms. The number of methoxy groups -OCH3 is 1. The van der Waals surface area contributed by atoms with Gasteiger partial charge in [0.15, 0.2) is 5.69 Å². The van der Waals surface area contributed by atoms with Crippen LogP contribution in [-0.4, -0.2) is 18.1 Å². The van der Waals surface area contributed by atoms with Gasteiger partial charge < -0.3 is 4.74 Å². The second kappa shape index (κ2) is 4.64. The fourth-order valence-electron chi connectivity index (χ4n) is 0.934. The van der Waals surface area contributed by atoms with E-state index in [1.165, 1.54) is 13.3 Å². The second-order valence-corrected chi connectivity index (χ2v) is 2.79. The lowest BCUT2D eigenvalue weighted by Gasteiger charge is -2.02. The molecule has 0 aliphatic heterocycles. The first kappa shape index (κ1) is 10.6. The molecule has 0 N–H and O–H groups in total. The van der Waals surface area contributed by atoms with Gasteiger partial charge in [-0.2, -0.15) is 0 Å². The molecule has 0 saturated carbocycles. The fourth-order valence-corrected chi connectivity index (χ4v) is 1.13. The molecule has 0 bridgehead atoms. The van der Waals surface area contributed by atoms with Crippen molar-refractivity contribution in [3.63, 3.8) is 0 Å². The number of halogens is 1. The van der Waals surface area contributed by atoms with Gasteiger partial charge in [0.05, 0.1) is 17.7 Å². The molecule has 0 saturated heterocycles. The van der Waals surface area contributed by atoms with E-state index < -0.39 is 5.97 Å². The first-order valence-corrected chi connectivity index (χ1v) is 4.24. The van der Waals surface area contributed by atoms with Crippen LogP contribution >= 0.6 is 11.6 Å². The van der Waals surface area contributed by atoms with Crippen LogP contribution in [0.4, 0.5) is 0 Å². The number of rotatable bonds is 1. The molecule has 0 atom stereocenters. The SMILES string of the molecule is CC#Cc1c(Cl)ccnc1C(=O)OC. The molecule has 3 nitrogen and oxygen atoms in total. The lowest BCUT2D eigenvalue weighted by Crippen LogP contribution is -2.07. The molecule has 72 valence electrons. The highest BCUT2D eigenvalue weighted by molar-refractivity contribution is 6.32. The average Bonchev–Trinajstić information content (AvgIpc) is 2.20. The van der Waals surface area contributed by atoms with E-state index in [0.29, 0.717) is 10.6 Å². The molecule has 0 radical (unpaired) electrons. The predicted molar refractivity (Wildman–Crippen MR) is 53.1 cm³/mol. The fraction of sp³-hybridized carbons (Fsp3) is 0.200. The van der Waals surface area contributed by atoms with Crippen LogP contribution in [0.2, 0.25) is 5.02 Å². The second-order valence-electron chi connectivity index (χ2n) is 2.38.